The maximum Gasteiger partial charge on any atom is 0.152 e. The lowest BCUT2D eigenvalue weighted by Crippen LogP contribution is -1.95. The van der Waals surface area contributed by atoms with Gasteiger partial charge in [0.15, 0.2) is 6.29 Å². The van der Waals surface area contributed by atoms with Gasteiger partial charge >= 0.3 is 0 Å². The van der Waals surface area contributed by atoms with E-state index in [1.54, 1.807) is 23.3 Å². The molecule has 0 aliphatic carbocycles. The molecular weight excluding hydrogens is 166 g/mol. The number of carbonyl (C=O) groups excluding carboxylic acids is 1. The number of carbonyl (C=O) groups is 1. The molecule has 0 aliphatic heterocycles. The van der Waals surface area contributed by atoms with Crippen LogP contribution in [0.4, 0.5) is 0 Å². The van der Waals surface area contributed by atoms with Crippen LogP contribution in [0, 0.1) is 0 Å². The smallest absolute Gasteiger partial charge is 0.152 e. The molecule has 1 aromatic heterocycles. The van der Waals surface area contributed by atoms with Gasteiger partial charge in [0.1, 0.15) is 12.7 Å². The van der Waals surface area contributed by atoms with E-state index in [0.29, 0.717) is 5.56 Å². The Morgan fingerprint density at radius 2 is 1.85 bits per heavy atom. The van der Waals surface area contributed by atoms with Crippen molar-refractivity contribution in [2.24, 2.45) is 0 Å². The quantitative estimate of drug-likeness (QED) is 0.638. The van der Waals surface area contributed by atoms with Gasteiger partial charge in [0.2, 0.25) is 0 Å². The Morgan fingerprint density at radius 1 is 1.15 bits per heavy atom. The topological polar surface area (TPSA) is 47.8 Å². The van der Waals surface area contributed by atoms with Crippen molar-refractivity contribution in [3.63, 3.8) is 0 Å². The van der Waals surface area contributed by atoms with Crippen LogP contribution in [0.1, 0.15) is 10.4 Å². The summed E-state index contributed by atoms with van der Waals surface area (Å²) in [6.07, 6.45) is 3.93. The van der Waals surface area contributed by atoms with Crippen molar-refractivity contribution in [2.75, 3.05) is 0 Å². The predicted octanol–water partition coefficient (Wildman–Crippen LogP) is 1.08. The number of hydrogen-bond donors (Lipinski definition) is 0. The Morgan fingerprint density at radius 3 is 2.54 bits per heavy atom. The summed E-state index contributed by atoms with van der Waals surface area (Å²) in [7, 11) is 0. The highest BCUT2D eigenvalue weighted by Crippen LogP contribution is 2.10. The number of rotatable bonds is 2. The van der Waals surface area contributed by atoms with E-state index >= 15 is 0 Å². The Bertz CT molecular complexity index is 409. The molecule has 0 amide bonds. The van der Waals surface area contributed by atoms with E-state index in [9.17, 15) is 4.79 Å². The van der Waals surface area contributed by atoms with Crippen molar-refractivity contribution < 1.29 is 4.79 Å². The number of benzene rings is 1. The molecule has 1 aromatic carbocycles. The summed E-state index contributed by atoms with van der Waals surface area (Å²) in [6.45, 7) is 0. The normalized spacial score (nSPS) is 9.85. The molecule has 0 atom stereocenters. The van der Waals surface area contributed by atoms with Gasteiger partial charge in [0.05, 0.1) is 5.69 Å². The number of para-hydroxylation sites is 1. The molecule has 13 heavy (non-hydrogen) atoms. The molecule has 0 aliphatic rings. The van der Waals surface area contributed by atoms with Crippen molar-refractivity contribution in [3.8, 4) is 5.69 Å². The maximum absolute atomic E-state index is 10.7. The molecule has 64 valence electrons. The lowest BCUT2D eigenvalue weighted by molar-refractivity contribution is 0.112. The van der Waals surface area contributed by atoms with Crippen LogP contribution in [0.3, 0.4) is 0 Å². The highest BCUT2D eigenvalue weighted by Gasteiger charge is 2.01. The zero-order chi connectivity index (χ0) is 9.10. The summed E-state index contributed by atoms with van der Waals surface area (Å²) < 4.78 is 1.70. The molecule has 0 spiro atoms. The standard InChI is InChI=1S/C9H7N3O/c13-5-8-3-1-2-4-9(8)12-6-10-11-7-12/h1-7H. The Balaban J connectivity index is 2.57. The molecule has 4 nitrogen and oxygen atoms in total. The first-order chi connectivity index (χ1) is 6.42. The first kappa shape index (κ1) is 7.67. The van der Waals surface area contributed by atoms with E-state index in [2.05, 4.69) is 10.2 Å². The largest absolute Gasteiger partial charge is 0.298 e. The molecule has 0 N–H and O–H groups in total. The van der Waals surface area contributed by atoms with E-state index < -0.39 is 0 Å². The molecule has 0 radical (unpaired) electrons. The third-order valence-corrected chi connectivity index (χ3v) is 1.76. The van der Waals surface area contributed by atoms with E-state index in [4.69, 9.17) is 0 Å². The predicted molar refractivity (Wildman–Crippen MR) is 46.7 cm³/mol. The number of aromatic nitrogens is 3. The SMILES string of the molecule is O=Cc1ccccc1-n1cnnc1. The second-order valence-corrected chi connectivity index (χ2v) is 2.55. The van der Waals surface area contributed by atoms with Crippen LogP contribution in [0.2, 0.25) is 0 Å². The molecular formula is C9H7N3O. The number of hydrogen-bond acceptors (Lipinski definition) is 3. The van der Waals surface area contributed by atoms with Crippen LogP contribution >= 0.6 is 0 Å². The fraction of sp³-hybridized carbons (Fsp3) is 0. The lowest BCUT2D eigenvalue weighted by atomic mass is 10.2. The van der Waals surface area contributed by atoms with Crippen molar-refractivity contribution in [1.29, 1.82) is 0 Å². The fourth-order valence-electron chi connectivity index (χ4n) is 1.15. The molecule has 2 rings (SSSR count). The van der Waals surface area contributed by atoms with Gasteiger partial charge < -0.3 is 0 Å². The van der Waals surface area contributed by atoms with Crippen molar-refractivity contribution in [1.82, 2.24) is 14.8 Å². The van der Waals surface area contributed by atoms with Crippen molar-refractivity contribution in [3.05, 3.63) is 42.5 Å². The van der Waals surface area contributed by atoms with Gasteiger partial charge in [-0.15, -0.1) is 10.2 Å². The molecule has 0 saturated carbocycles. The zero-order valence-corrected chi connectivity index (χ0v) is 6.79. The van der Waals surface area contributed by atoms with Crippen LogP contribution in [-0.4, -0.2) is 21.1 Å². The summed E-state index contributed by atoms with van der Waals surface area (Å²) in [4.78, 5) is 10.7. The van der Waals surface area contributed by atoms with Gasteiger partial charge in [-0.2, -0.15) is 0 Å². The van der Waals surface area contributed by atoms with Crippen LogP contribution in [0.25, 0.3) is 5.69 Å². The molecule has 0 unspecified atom stereocenters. The summed E-state index contributed by atoms with van der Waals surface area (Å²) in [6, 6.07) is 7.27. The first-order valence-corrected chi connectivity index (χ1v) is 3.81. The second kappa shape index (κ2) is 3.18. The van der Waals surface area contributed by atoms with Gasteiger partial charge in [-0.05, 0) is 12.1 Å². The lowest BCUT2D eigenvalue weighted by Gasteiger charge is -2.02. The highest BCUT2D eigenvalue weighted by atomic mass is 16.1. The van der Waals surface area contributed by atoms with E-state index in [1.807, 2.05) is 18.2 Å². The third kappa shape index (κ3) is 1.33. The molecule has 2 aromatic rings. The first-order valence-electron chi connectivity index (χ1n) is 3.81. The van der Waals surface area contributed by atoms with Gasteiger partial charge in [-0.3, -0.25) is 9.36 Å². The minimum absolute atomic E-state index is 0.627. The van der Waals surface area contributed by atoms with Gasteiger partial charge in [-0.1, -0.05) is 12.1 Å². The Kier molecular flexibility index (Phi) is 1.88. The maximum atomic E-state index is 10.7. The van der Waals surface area contributed by atoms with E-state index in [0.717, 1.165) is 12.0 Å². The van der Waals surface area contributed by atoms with Crippen LogP contribution < -0.4 is 0 Å². The number of aldehydes is 1. The number of nitrogens with zero attached hydrogens (tertiary/aromatic N) is 3. The minimum atomic E-state index is 0.627. The van der Waals surface area contributed by atoms with Gasteiger partial charge in [0.25, 0.3) is 0 Å². The average Bonchev–Trinajstić information content (AvgIpc) is 2.70. The van der Waals surface area contributed by atoms with E-state index in [1.165, 1.54) is 0 Å². The van der Waals surface area contributed by atoms with Crippen LogP contribution in [-0.2, 0) is 0 Å². The summed E-state index contributed by atoms with van der Waals surface area (Å²) >= 11 is 0. The Labute approximate surface area is 74.8 Å². The second-order valence-electron chi connectivity index (χ2n) is 2.55. The zero-order valence-electron chi connectivity index (χ0n) is 6.79. The van der Waals surface area contributed by atoms with Crippen LogP contribution in [0.15, 0.2) is 36.9 Å². The van der Waals surface area contributed by atoms with Crippen molar-refractivity contribution >= 4 is 6.29 Å². The average molecular weight is 173 g/mol. The van der Waals surface area contributed by atoms with Gasteiger partial charge in [-0.25, -0.2) is 0 Å². The molecule has 0 fully saturated rings. The Hall–Kier alpha value is -1.97. The van der Waals surface area contributed by atoms with Crippen LogP contribution in [0.5, 0.6) is 0 Å². The molecule has 0 saturated heterocycles. The molecule has 1 heterocycles. The third-order valence-electron chi connectivity index (χ3n) is 1.76. The minimum Gasteiger partial charge on any atom is -0.298 e. The summed E-state index contributed by atoms with van der Waals surface area (Å²) in [5.41, 5.74) is 1.42. The molecule has 4 heteroatoms. The monoisotopic (exact) mass is 173 g/mol. The molecule has 0 bridgehead atoms. The summed E-state index contributed by atoms with van der Waals surface area (Å²) in [5.74, 6) is 0. The summed E-state index contributed by atoms with van der Waals surface area (Å²) in [5, 5.41) is 7.34. The fourth-order valence-corrected chi connectivity index (χ4v) is 1.15. The highest BCUT2D eigenvalue weighted by molar-refractivity contribution is 5.80. The van der Waals surface area contributed by atoms with Crippen molar-refractivity contribution in [2.45, 2.75) is 0 Å². The van der Waals surface area contributed by atoms with Gasteiger partial charge in [0, 0.05) is 5.56 Å². The van der Waals surface area contributed by atoms with E-state index in [-0.39, 0.29) is 0 Å².